The number of carboxylic acid groups (broad SMARTS) is 1. The third kappa shape index (κ3) is 7.65. The molecule has 18 heteroatoms. The molecule has 4 saturated carbocycles. The lowest BCUT2D eigenvalue weighted by molar-refractivity contribution is -0.178. The number of hydrogen-bond acceptors (Lipinski definition) is 14. The molecule has 0 spiro atoms. The largest absolute Gasteiger partial charge is 0.492 e. The second-order valence-electron chi connectivity index (χ2n) is 19.6. The van der Waals surface area contributed by atoms with Crippen LogP contribution in [0, 0.1) is 34.4 Å². The number of pyridine rings is 1. The van der Waals surface area contributed by atoms with Crippen LogP contribution in [0.4, 0.5) is 14.9 Å². The molecule has 2 aromatic carbocycles. The van der Waals surface area contributed by atoms with E-state index in [4.69, 9.17) is 18.9 Å². The molecule has 1 aliphatic heterocycles. The highest BCUT2D eigenvalue weighted by atomic mass is 19.1. The zero-order chi connectivity index (χ0) is 48.6. The van der Waals surface area contributed by atoms with Crippen molar-refractivity contribution in [3.05, 3.63) is 93.1 Å². The first-order valence-electron chi connectivity index (χ1n) is 23.0. The average Bonchev–Trinajstić information content (AvgIpc) is 4.11. The Morgan fingerprint density at radius 3 is 2.28 bits per heavy atom. The lowest BCUT2D eigenvalue weighted by Crippen LogP contribution is -2.61. The number of Topliss-reactive ketones (excluding diaryl/α,β-unsaturated/α-hetero) is 1. The topological polar surface area (TPSA) is 229 Å². The molecule has 3 aromatic rings. The van der Waals surface area contributed by atoms with Crippen molar-refractivity contribution in [3.8, 4) is 5.75 Å². The molecule has 8 atom stereocenters. The number of anilines is 1. The number of allylic oxidation sites excluding steroid dienone is 4. The summed E-state index contributed by atoms with van der Waals surface area (Å²) in [6.07, 6.45) is 8.57. The maximum absolute atomic E-state index is 15.9. The van der Waals surface area contributed by atoms with Gasteiger partial charge in [-0.15, -0.1) is 0 Å². The zero-order valence-electron chi connectivity index (χ0n) is 38.2. The maximum atomic E-state index is 15.9. The van der Waals surface area contributed by atoms with E-state index in [-0.39, 0.29) is 95.5 Å². The fourth-order valence-electron chi connectivity index (χ4n) is 12.3. The molecule has 68 heavy (non-hydrogen) atoms. The fourth-order valence-corrected chi connectivity index (χ4v) is 12.3. The van der Waals surface area contributed by atoms with Gasteiger partial charge in [0.25, 0.3) is 0 Å². The Morgan fingerprint density at radius 2 is 1.63 bits per heavy atom. The van der Waals surface area contributed by atoms with E-state index < -0.39 is 88.6 Å². The van der Waals surface area contributed by atoms with E-state index in [0.717, 1.165) is 30.9 Å². The summed E-state index contributed by atoms with van der Waals surface area (Å²) in [5.74, 6) is -4.81. The third-order valence-electron chi connectivity index (χ3n) is 15.9. The smallest absolute Gasteiger partial charge is 0.413 e. The number of nitrogens with zero attached hydrogens (tertiary/aromatic N) is 3. The number of carboxylic acids is 1. The standard InChI is InChI=1S/C50H54FN3O14/c1-26-22-52(41-36(51)20-33-40(43(41)65-4)54(30-10-11-30)23-34(42(33)58)44(59)60)17-18-53(26)47(63)68-25-67-46(62)28-7-5-27(6-8-28)45(61)66-24-38(57)50(64)16-14-35-32-12-9-29-19-31(55)13-15-48(29,2)39(32)37(56)21-49(35,50)3/h5-8,13,15,19-20,23,26,30,32,35,37,39,56,64H,9-12,14,16-18,21-22,24-25H2,1-4H3,(H,59,60)/t26?,32?,35?,37-,39?,48-,49-,50-/m0/s1. The summed E-state index contributed by atoms with van der Waals surface area (Å²) in [7, 11) is 1.34. The summed E-state index contributed by atoms with van der Waals surface area (Å²) in [5.41, 5.74) is -3.18. The highest BCUT2D eigenvalue weighted by Crippen LogP contribution is 2.67. The van der Waals surface area contributed by atoms with Gasteiger partial charge in [-0.25, -0.2) is 23.6 Å². The minimum Gasteiger partial charge on any atom is -0.492 e. The van der Waals surface area contributed by atoms with Crippen LogP contribution in [0.2, 0.25) is 0 Å². The number of halogens is 1. The van der Waals surface area contributed by atoms with Gasteiger partial charge in [-0.2, -0.15) is 0 Å². The van der Waals surface area contributed by atoms with Crippen molar-refractivity contribution < 1.29 is 67.4 Å². The Morgan fingerprint density at radius 1 is 0.941 bits per heavy atom. The molecule has 1 saturated heterocycles. The lowest BCUT2D eigenvalue weighted by Gasteiger charge is -2.59. The molecular formula is C50H54FN3O14. The van der Waals surface area contributed by atoms with Crippen molar-refractivity contribution in [1.29, 1.82) is 0 Å². The molecule has 4 unspecified atom stereocenters. The second kappa shape index (κ2) is 17.3. The molecule has 1 aromatic heterocycles. The Bertz CT molecular complexity index is 2760. The van der Waals surface area contributed by atoms with Crippen molar-refractivity contribution in [3.63, 3.8) is 0 Å². The summed E-state index contributed by atoms with van der Waals surface area (Å²) in [6.45, 7) is 4.51. The minimum absolute atomic E-state index is 0.00870. The van der Waals surface area contributed by atoms with E-state index in [1.54, 1.807) is 28.5 Å². The molecule has 0 bridgehead atoms. The first-order valence-corrected chi connectivity index (χ1v) is 23.0. The molecule has 5 fully saturated rings. The van der Waals surface area contributed by atoms with Gasteiger partial charge >= 0.3 is 24.0 Å². The normalized spacial score (nSPS) is 29.6. The number of rotatable bonds is 11. The van der Waals surface area contributed by atoms with Crippen LogP contribution in [0.3, 0.4) is 0 Å². The fraction of sp³-hybridized carbons (Fsp3) is 0.500. The van der Waals surface area contributed by atoms with Gasteiger partial charge in [0.2, 0.25) is 18.0 Å². The number of esters is 2. The van der Waals surface area contributed by atoms with Crippen molar-refractivity contribution in [1.82, 2.24) is 9.47 Å². The number of aromatic nitrogens is 1. The number of ketones is 2. The second-order valence-corrected chi connectivity index (χ2v) is 19.6. The van der Waals surface area contributed by atoms with Crippen LogP contribution in [-0.4, -0.2) is 118 Å². The number of piperazine rings is 1. The van der Waals surface area contributed by atoms with E-state index in [2.05, 4.69) is 0 Å². The predicted octanol–water partition coefficient (Wildman–Crippen LogP) is 5.38. The Kier molecular flexibility index (Phi) is 11.9. The number of aromatic carboxylic acids is 1. The van der Waals surface area contributed by atoms with Gasteiger partial charge in [0, 0.05) is 54.7 Å². The number of hydrogen-bond donors (Lipinski definition) is 3. The maximum Gasteiger partial charge on any atom is 0.413 e. The van der Waals surface area contributed by atoms with Crippen molar-refractivity contribution >= 4 is 52.2 Å². The van der Waals surface area contributed by atoms with Gasteiger partial charge in [0.15, 0.2) is 24.0 Å². The summed E-state index contributed by atoms with van der Waals surface area (Å²) in [5, 5.41) is 33.2. The van der Waals surface area contributed by atoms with Gasteiger partial charge in [-0.05, 0) is 106 Å². The SMILES string of the molecule is COc1c(N2CCN(C(=O)OCOC(=O)c3ccc(C(=O)OCC(=O)[C@@]4(O)CCC5C6CCC7=CC(=O)C=C[C@]7(C)C6[C@@H](O)C[C@@]54C)cc3)C(C)C2)c(F)cc2c(=O)c(C(=O)O)cn(C3CC3)c12. The lowest BCUT2D eigenvalue weighted by atomic mass is 9.46. The van der Waals surface area contributed by atoms with Gasteiger partial charge in [0.1, 0.15) is 16.9 Å². The van der Waals surface area contributed by atoms with Crippen LogP contribution >= 0.6 is 0 Å². The quantitative estimate of drug-likeness (QED) is 0.162. The number of carbonyl (C=O) groups excluding carboxylic acids is 5. The number of amides is 1. The van der Waals surface area contributed by atoms with Crippen LogP contribution < -0.4 is 15.1 Å². The van der Waals surface area contributed by atoms with Gasteiger partial charge < -0.3 is 48.6 Å². The summed E-state index contributed by atoms with van der Waals surface area (Å²) in [4.78, 5) is 93.1. The van der Waals surface area contributed by atoms with E-state index in [1.165, 1.54) is 42.5 Å². The number of aliphatic hydroxyl groups is 2. The van der Waals surface area contributed by atoms with E-state index in [9.17, 15) is 48.9 Å². The number of carbonyl (C=O) groups is 6. The summed E-state index contributed by atoms with van der Waals surface area (Å²) < 4.78 is 39.1. The van der Waals surface area contributed by atoms with Gasteiger partial charge in [-0.3, -0.25) is 14.4 Å². The van der Waals surface area contributed by atoms with E-state index >= 15 is 4.39 Å². The monoisotopic (exact) mass is 939 g/mol. The Balaban J connectivity index is 0.766. The number of methoxy groups -OCH3 is 1. The van der Waals surface area contributed by atoms with E-state index in [1.807, 2.05) is 19.9 Å². The number of fused-ring (bicyclic) bond motifs is 6. The summed E-state index contributed by atoms with van der Waals surface area (Å²) in [6, 6.07) is 5.65. The predicted molar refractivity (Wildman–Crippen MR) is 240 cm³/mol. The molecule has 6 aliphatic rings. The van der Waals surface area contributed by atoms with Crippen molar-refractivity contribution in [2.75, 3.05) is 45.0 Å². The molecule has 2 heterocycles. The average molecular weight is 940 g/mol. The van der Waals surface area contributed by atoms with Crippen molar-refractivity contribution in [2.24, 2.45) is 28.6 Å². The molecule has 17 nitrogen and oxygen atoms in total. The first kappa shape index (κ1) is 46.7. The highest BCUT2D eigenvalue weighted by Gasteiger charge is 2.68. The minimum atomic E-state index is -1.84. The zero-order valence-corrected chi connectivity index (χ0v) is 38.2. The Labute approximate surface area is 390 Å². The van der Waals surface area contributed by atoms with Crippen LogP contribution in [0.15, 0.2) is 65.1 Å². The van der Waals surface area contributed by atoms with Gasteiger partial charge in [-0.1, -0.05) is 25.5 Å². The molecule has 360 valence electrons. The van der Waals surface area contributed by atoms with Crippen LogP contribution in [0.25, 0.3) is 10.9 Å². The number of ether oxygens (including phenoxy) is 4. The molecule has 3 N–H and O–H groups in total. The van der Waals surface area contributed by atoms with Crippen LogP contribution in [0.1, 0.15) is 103 Å². The van der Waals surface area contributed by atoms with Crippen molar-refractivity contribution in [2.45, 2.75) is 89.5 Å². The first-order chi connectivity index (χ1) is 32.3. The molecular weight excluding hydrogens is 886 g/mol. The van der Waals surface area contributed by atoms with Crippen LogP contribution in [0.5, 0.6) is 5.75 Å². The molecule has 0 radical (unpaired) electrons. The third-order valence-corrected chi connectivity index (χ3v) is 15.9. The highest BCUT2D eigenvalue weighted by molar-refractivity contribution is 6.01. The molecule has 9 rings (SSSR count). The summed E-state index contributed by atoms with van der Waals surface area (Å²) >= 11 is 0. The van der Waals surface area contributed by atoms with Gasteiger partial charge in [0.05, 0.1) is 35.2 Å². The van der Waals surface area contributed by atoms with E-state index in [0.29, 0.717) is 12.8 Å². The molecule has 1 amide bonds. The Hall–Kier alpha value is -6.40. The molecule has 5 aliphatic carbocycles. The number of benzene rings is 2. The van der Waals surface area contributed by atoms with Crippen LogP contribution in [-0.2, 0) is 23.8 Å². The number of aliphatic hydroxyl groups excluding tert-OH is 1.